The first-order valence-corrected chi connectivity index (χ1v) is 6.45. The third-order valence-electron chi connectivity index (χ3n) is 2.23. The van der Waals surface area contributed by atoms with E-state index in [9.17, 15) is 15.0 Å². The van der Waals surface area contributed by atoms with Gasteiger partial charge in [0.2, 0.25) is 0 Å². The van der Waals surface area contributed by atoms with Crippen LogP contribution < -0.4 is 0 Å². The molecule has 1 aromatic rings. The summed E-state index contributed by atoms with van der Waals surface area (Å²) in [5, 5.41) is 19.8. The number of phenols is 1. The van der Waals surface area contributed by atoms with Crippen molar-refractivity contribution in [2.24, 2.45) is 0 Å². The molecule has 0 spiro atoms. The molecule has 0 atom stereocenters. The Morgan fingerprint density at radius 3 is 2.56 bits per heavy atom. The molecule has 0 bridgehead atoms. The highest BCUT2D eigenvalue weighted by atomic mass is 79.9. The minimum atomic E-state index is -1.00. The highest BCUT2D eigenvalue weighted by Crippen LogP contribution is 2.32. The van der Waals surface area contributed by atoms with Crippen LogP contribution >= 0.6 is 27.5 Å². The normalized spacial score (nSPS) is 11.4. The molecule has 0 heterocycles. The standard InChI is InChI=1S/C12H15BrClNO3/c1-12(2,18)6-15(3)11(17)8-4-7(14)5-9(13)10(8)16/h4-5,16,18H,6H2,1-3H3. The molecule has 1 amide bonds. The zero-order valence-corrected chi connectivity index (χ0v) is 12.7. The van der Waals surface area contributed by atoms with Crippen LogP contribution in [0.2, 0.25) is 5.02 Å². The maximum absolute atomic E-state index is 12.1. The Morgan fingerprint density at radius 1 is 1.50 bits per heavy atom. The Labute approximate surface area is 119 Å². The van der Waals surface area contributed by atoms with Crippen molar-refractivity contribution in [2.45, 2.75) is 19.4 Å². The van der Waals surface area contributed by atoms with Crippen LogP contribution in [-0.4, -0.2) is 40.2 Å². The van der Waals surface area contributed by atoms with Crippen molar-refractivity contribution in [3.8, 4) is 5.75 Å². The number of aromatic hydroxyl groups is 1. The smallest absolute Gasteiger partial charge is 0.257 e. The van der Waals surface area contributed by atoms with Crippen LogP contribution in [0.4, 0.5) is 0 Å². The quantitative estimate of drug-likeness (QED) is 0.892. The average molecular weight is 337 g/mol. The first-order chi connectivity index (χ1) is 8.11. The van der Waals surface area contributed by atoms with E-state index in [1.165, 1.54) is 17.0 Å². The van der Waals surface area contributed by atoms with E-state index >= 15 is 0 Å². The molecule has 0 fully saturated rings. The molecule has 4 nitrogen and oxygen atoms in total. The average Bonchev–Trinajstić information content (AvgIpc) is 2.19. The second-order valence-electron chi connectivity index (χ2n) is 4.76. The summed E-state index contributed by atoms with van der Waals surface area (Å²) in [6.45, 7) is 3.35. The number of aliphatic hydroxyl groups is 1. The zero-order valence-electron chi connectivity index (χ0n) is 10.4. The molecule has 0 aromatic heterocycles. The molecule has 1 rings (SSSR count). The number of benzene rings is 1. The summed E-state index contributed by atoms with van der Waals surface area (Å²) in [7, 11) is 1.55. The van der Waals surface area contributed by atoms with Crippen LogP contribution in [0, 0.1) is 0 Å². The van der Waals surface area contributed by atoms with Crippen LogP contribution in [0.15, 0.2) is 16.6 Å². The van der Waals surface area contributed by atoms with Crippen molar-refractivity contribution in [3.05, 3.63) is 27.2 Å². The largest absolute Gasteiger partial charge is 0.506 e. The number of hydrogen-bond acceptors (Lipinski definition) is 3. The number of hydrogen-bond donors (Lipinski definition) is 2. The number of carbonyl (C=O) groups is 1. The van der Waals surface area contributed by atoms with Crippen molar-refractivity contribution in [1.82, 2.24) is 4.90 Å². The summed E-state index contributed by atoms with van der Waals surface area (Å²) in [6.07, 6.45) is 0. The van der Waals surface area contributed by atoms with Crippen molar-refractivity contribution in [3.63, 3.8) is 0 Å². The number of carbonyl (C=O) groups excluding carboxylic acids is 1. The van der Waals surface area contributed by atoms with E-state index in [1.807, 2.05) is 0 Å². The molecule has 0 aliphatic carbocycles. The van der Waals surface area contributed by atoms with Crippen LogP contribution in [0.1, 0.15) is 24.2 Å². The third kappa shape index (κ3) is 3.86. The van der Waals surface area contributed by atoms with Gasteiger partial charge in [-0.1, -0.05) is 11.6 Å². The molecule has 0 aliphatic heterocycles. The lowest BCUT2D eigenvalue weighted by atomic mass is 10.1. The second-order valence-corrected chi connectivity index (χ2v) is 6.05. The lowest BCUT2D eigenvalue weighted by Crippen LogP contribution is -2.39. The van der Waals surface area contributed by atoms with Gasteiger partial charge in [0.25, 0.3) is 5.91 Å². The first kappa shape index (κ1) is 15.3. The van der Waals surface area contributed by atoms with Gasteiger partial charge in [-0.2, -0.15) is 0 Å². The van der Waals surface area contributed by atoms with Gasteiger partial charge in [-0.25, -0.2) is 0 Å². The van der Waals surface area contributed by atoms with E-state index in [4.69, 9.17) is 11.6 Å². The van der Waals surface area contributed by atoms with Gasteiger partial charge in [0, 0.05) is 18.6 Å². The Kier molecular flexibility index (Phi) is 4.64. The maximum Gasteiger partial charge on any atom is 0.257 e. The maximum atomic E-state index is 12.1. The van der Waals surface area contributed by atoms with Gasteiger partial charge in [-0.15, -0.1) is 0 Å². The van der Waals surface area contributed by atoms with E-state index in [1.54, 1.807) is 20.9 Å². The molecule has 2 N–H and O–H groups in total. The first-order valence-electron chi connectivity index (χ1n) is 5.27. The van der Waals surface area contributed by atoms with Gasteiger partial charge < -0.3 is 15.1 Å². The van der Waals surface area contributed by atoms with E-state index in [2.05, 4.69) is 15.9 Å². The number of likely N-dealkylation sites (N-methyl/N-ethyl adjacent to an activating group) is 1. The van der Waals surface area contributed by atoms with Crippen LogP contribution in [0.3, 0.4) is 0 Å². The number of nitrogens with zero attached hydrogens (tertiary/aromatic N) is 1. The summed E-state index contributed by atoms with van der Waals surface area (Å²) in [4.78, 5) is 13.5. The van der Waals surface area contributed by atoms with Gasteiger partial charge in [-0.05, 0) is 41.9 Å². The van der Waals surface area contributed by atoms with Crippen LogP contribution in [0.5, 0.6) is 5.75 Å². The molecule has 0 saturated carbocycles. The highest BCUT2D eigenvalue weighted by molar-refractivity contribution is 9.10. The fourth-order valence-electron chi connectivity index (χ4n) is 1.59. The van der Waals surface area contributed by atoms with Crippen LogP contribution in [-0.2, 0) is 0 Å². The summed E-state index contributed by atoms with van der Waals surface area (Å²) < 4.78 is 0.356. The Bertz CT molecular complexity index is 471. The van der Waals surface area contributed by atoms with Gasteiger partial charge in [0.05, 0.1) is 15.6 Å². The van der Waals surface area contributed by atoms with Crippen molar-refractivity contribution in [2.75, 3.05) is 13.6 Å². The summed E-state index contributed by atoms with van der Waals surface area (Å²) in [5.41, 5.74) is -0.906. The van der Waals surface area contributed by atoms with Gasteiger partial charge in [0.1, 0.15) is 5.75 Å². The van der Waals surface area contributed by atoms with Crippen molar-refractivity contribution in [1.29, 1.82) is 0 Å². The van der Waals surface area contributed by atoms with E-state index in [-0.39, 0.29) is 17.9 Å². The Balaban J connectivity index is 3.04. The minimum absolute atomic E-state index is 0.0983. The van der Waals surface area contributed by atoms with E-state index in [0.717, 1.165) is 0 Å². The molecule has 0 radical (unpaired) electrons. The SMILES string of the molecule is CN(CC(C)(C)O)C(=O)c1cc(Cl)cc(Br)c1O. The number of amides is 1. The number of halogens is 2. The molecular formula is C12H15BrClNO3. The second kappa shape index (κ2) is 5.47. The molecule has 0 saturated heterocycles. The fourth-order valence-corrected chi connectivity index (χ4v) is 2.40. The summed E-state index contributed by atoms with van der Waals surface area (Å²) in [6, 6.07) is 2.90. The predicted molar refractivity (Wildman–Crippen MR) is 74.1 cm³/mol. The van der Waals surface area contributed by atoms with Gasteiger partial charge >= 0.3 is 0 Å². The molecule has 0 unspecified atom stereocenters. The number of phenolic OH excluding ortho intramolecular Hbond substituents is 1. The van der Waals surface area contributed by atoms with Gasteiger partial charge in [-0.3, -0.25) is 4.79 Å². The summed E-state index contributed by atoms with van der Waals surface area (Å²) >= 11 is 8.96. The lowest BCUT2D eigenvalue weighted by molar-refractivity contribution is 0.0366. The van der Waals surface area contributed by atoms with Crippen LogP contribution in [0.25, 0.3) is 0 Å². The van der Waals surface area contributed by atoms with Crippen molar-refractivity contribution < 1.29 is 15.0 Å². The van der Waals surface area contributed by atoms with E-state index < -0.39 is 11.5 Å². The lowest BCUT2D eigenvalue weighted by Gasteiger charge is -2.26. The molecule has 100 valence electrons. The summed E-state index contributed by atoms with van der Waals surface area (Å²) in [5.74, 6) is -0.565. The van der Waals surface area contributed by atoms with Crippen molar-refractivity contribution >= 4 is 33.4 Å². The Hall–Kier alpha value is -0.780. The highest BCUT2D eigenvalue weighted by Gasteiger charge is 2.23. The third-order valence-corrected chi connectivity index (χ3v) is 3.05. The molecular weight excluding hydrogens is 321 g/mol. The zero-order chi connectivity index (χ0) is 14.1. The molecule has 18 heavy (non-hydrogen) atoms. The monoisotopic (exact) mass is 335 g/mol. The minimum Gasteiger partial charge on any atom is -0.506 e. The Morgan fingerprint density at radius 2 is 2.06 bits per heavy atom. The number of rotatable bonds is 3. The topological polar surface area (TPSA) is 60.8 Å². The molecule has 6 heteroatoms. The molecule has 0 aliphatic rings. The fraction of sp³-hybridized carbons (Fsp3) is 0.417. The predicted octanol–water partition coefficient (Wildman–Crippen LogP) is 2.65. The van der Waals surface area contributed by atoms with E-state index in [0.29, 0.717) is 9.50 Å². The molecule has 1 aromatic carbocycles. The van der Waals surface area contributed by atoms with Gasteiger partial charge in [0.15, 0.2) is 0 Å².